The van der Waals surface area contributed by atoms with Gasteiger partial charge in [-0.15, -0.1) is 0 Å². The van der Waals surface area contributed by atoms with Gasteiger partial charge < -0.3 is 14.8 Å². The summed E-state index contributed by atoms with van der Waals surface area (Å²) in [5.41, 5.74) is 4.64. The van der Waals surface area contributed by atoms with Crippen LogP contribution in [0.4, 0.5) is 0 Å². The number of methoxy groups -OCH3 is 1. The van der Waals surface area contributed by atoms with Gasteiger partial charge in [0, 0.05) is 25.2 Å². The number of amides is 1. The van der Waals surface area contributed by atoms with Crippen molar-refractivity contribution in [3.8, 4) is 5.75 Å². The Hall–Kier alpha value is -2.89. The molecule has 3 aromatic carbocycles. The number of nitrogens with one attached hydrogen (secondary N) is 1. The quantitative estimate of drug-likeness (QED) is 0.665. The van der Waals surface area contributed by atoms with Crippen molar-refractivity contribution >= 4 is 16.7 Å². The first-order chi connectivity index (χ1) is 15.2. The number of hydrogen-bond donors (Lipinski definition) is 1. The summed E-state index contributed by atoms with van der Waals surface area (Å²) in [4.78, 5) is 15.6. The lowest BCUT2D eigenvalue weighted by Crippen LogP contribution is -2.43. The predicted octanol–water partition coefficient (Wildman–Crippen LogP) is 3.75. The van der Waals surface area contributed by atoms with Gasteiger partial charge in [0.15, 0.2) is 0 Å². The van der Waals surface area contributed by atoms with Crippen molar-refractivity contribution in [2.75, 3.05) is 40.0 Å². The van der Waals surface area contributed by atoms with Crippen molar-refractivity contribution < 1.29 is 14.3 Å². The van der Waals surface area contributed by atoms with Crippen molar-refractivity contribution in [1.29, 1.82) is 0 Å². The van der Waals surface area contributed by atoms with Crippen LogP contribution in [0.1, 0.15) is 33.1 Å². The van der Waals surface area contributed by atoms with Crippen molar-refractivity contribution in [3.63, 3.8) is 0 Å². The highest BCUT2D eigenvalue weighted by Gasteiger charge is 2.24. The normalized spacial score (nSPS) is 16.9. The van der Waals surface area contributed by atoms with Gasteiger partial charge in [-0.05, 0) is 58.5 Å². The average Bonchev–Trinajstić information content (AvgIpc) is 3.25. The molecule has 5 heteroatoms. The van der Waals surface area contributed by atoms with Crippen LogP contribution in [-0.2, 0) is 17.6 Å². The number of ether oxygens (including phenoxy) is 2. The molecule has 5 rings (SSSR count). The molecule has 31 heavy (non-hydrogen) atoms. The number of benzene rings is 3. The van der Waals surface area contributed by atoms with Gasteiger partial charge in [-0.2, -0.15) is 0 Å². The summed E-state index contributed by atoms with van der Waals surface area (Å²) >= 11 is 0. The summed E-state index contributed by atoms with van der Waals surface area (Å²) in [7, 11) is 1.67. The fourth-order valence-corrected chi connectivity index (χ4v) is 4.90. The summed E-state index contributed by atoms with van der Waals surface area (Å²) in [6, 6.07) is 18.7. The summed E-state index contributed by atoms with van der Waals surface area (Å²) in [6.07, 6.45) is 2.13. The predicted molar refractivity (Wildman–Crippen MR) is 122 cm³/mol. The Balaban J connectivity index is 1.39. The molecule has 0 radical (unpaired) electrons. The molecular formula is C26H28N2O3. The molecule has 1 saturated heterocycles. The highest BCUT2D eigenvalue weighted by molar-refractivity contribution is 6.09. The molecule has 1 amide bonds. The minimum atomic E-state index is -0.0117. The van der Waals surface area contributed by atoms with Gasteiger partial charge in [0.1, 0.15) is 5.75 Å². The number of carbonyl (C=O) groups excluding carboxylic acids is 1. The highest BCUT2D eigenvalue weighted by atomic mass is 16.5. The molecule has 5 nitrogen and oxygen atoms in total. The van der Waals surface area contributed by atoms with E-state index in [0.717, 1.165) is 55.8 Å². The Morgan fingerprint density at radius 1 is 1.03 bits per heavy atom. The Morgan fingerprint density at radius 2 is 1.77 bits per heavy atom. The molecule has 160 valence electrons. The van der Waals surface area contributed by atoms with Crippen LogP contribution < -0.4 is 10.1 Å². The van der Waals surface area contributed by atoms with E-state index in [-0.39, 0.29) is 11.9 Å². The molecule has 3 aromatic rings. The van der Waals surface area contributed by atoms with E-state index in [0.29, 0.717) is 6.54 Å². The van der Waals surface area contributed by atoms with E-state index in [1.54, 1.807) is 7.11 Å². The molecule has 1 aliphatic carbocycles. The van der Waals surface area contributed by atoms with Gasteiger partial charge in [0.2, 0.25) is 0 Å². The first kappa shape index (κ1) is 20.0. The third-order valence-electron chi connectivity index (χ3n) is 6.56. The third-order valence-corrected chi connectivity index (χ3v) is 6.56. The topological polar surface area (TPSA) is 50.8 Å². The number of aryl methyl sites for hydroxylation is 2. The fourth-order valence-electron chi connectivity index (χ4n) is 4.90. The fraction of sp³-hybridized carbons (Fsp3) is 0.346. The van der Waals surface area contributed by atoms with Gasteiger partial charge >= 0.3 is 0 Å². The zero-order valence-corrected chi connectivity index (χ0v) is 17.9. The van der Waals surface area contributed by atoms with E-state index in [4.69, 9.17) is 9.47 Å². The number of rotatable bonds is 6. The second-order valence-corrected chi connectivity index (χ2v) is 8.26. The van der Waals surface area contributed by atoms with Gasteiger partial charge in [-0.1, -0.05) is 36.4 Å². The maximum absolute atomic E-state index is 13.2. The molecule has 1 fully saturated rings. The van der Waals surface area contributed by atoms with Crippen molar-refractivity contribution in [2.45, 2.75) is 18.9 Å². The monoisotopic (exact) mass is 416 g/mol. The molecule has 1 aliphatic heterocycles. The van der Waals surface area contributed by atoms with Crippen LogP contribution in [0.5, 0.6) is 5.75 Å². The third kappa shape index (κ3) is 3.91. The molecule has 2 aliphatic rings. The molecule has 1 heterocycles. The second kappa shape index (κ2) is 8.69. The van der Waals surface area contributed by atoms with E-state index in [9.17, 15) is 4.79 Å². The van der Waals surface area contributed by atoms with Gasteiger partial charge in [0.25, 0.3) is 5.91 Å². The standard InChI is InChI=1S/C26H28N2O3/c1-30-21-10-7-18(8-11-21)24(28-13-15-31-16-14-28)17-27-26(29)23-12-9-20-6-5-19-3-2-4-22(23)25(19)20/h2-4,7-12,24H,5-6,13-17H2,1H3,(H,27,29)/t24-/m0/s1. The molecule has 1 N–H and O–H groups in total. The maximum Gasteiger partial charge on any atom is 0.251 e. The van der Waals surface area contributed by atoms with Gasteiger partial charge in [-0.25, -0.2) is 0 Å². The molecule has 0 unspecified atom stereocenters. The average molecular weight is 417 g/mol. The highest BCUT2D eigenvalue weighted by Crippen LogP contribution is 2.33. The van der Waals surface area contributed by atoms with Gasteiger partial charge in [-0.3, -0.25) is 9.69 Å². The summed E-state index contributed by atoms with van der Waals surface area (Å²) < 4.78 is 10.9. The second-order valence-electron chi connectivity index (χ2n) is 8.26. The van der Waals surface area contributed by atoms with Crippen LogP contribution >= 0.6 is 0 Å². The van der Waals surface area contributed by atoms with Crippen molar-refractivity contribution in [1.82, 2.24) is 10.2 Å². The van der Waals surface area contributed by atoms with Crippen LogP contribution in [0.2, 0.25) is 0 Å². The first-order valence-electron chi connectivity index (χ1n) is 11.0. The Bertz CT molecular complexity index is 1080. The van der Waals surface area contributed by atoms with Crippen molar-refractivity contribution in [3.05, 3.63) is 76.9 Å². The minimum absolute atomic E-state index is 0.0117. The SMILES string of the molecule is COc1ccc([C@H](CNC(=O)c2ccc3c4c(cccc24)CC3)N2CCOCC2)cc1. The zero-order chi connectivity index (χ0) is 21.2. The van der Waals surface area contributed by atoms with E-state index in [1.807, 2.05) is 18.2 Å². The maximum atomic E-state index is 13.2. The summed E-state index contributed by atoms with van der Waals surface area (Å²) in [5.74, 6) is 0.823. The molecule has 0 bridgehead atoms. The Morgan fingerprint density at radius 3 is 2.52 bits per heavy atom. The number of carbonyl (C=O) groups is 1. The Labute approximate surface area is 183 Å². The van der Waals surface area contributed by atoms with Crippen LogP contribution in [0.3, 0.4) is 0 Å². The largest absolute Gasteiger partial charge is 0.497 e. The zero-order valence-electron chi connectivity index (χ0n) is 17.9. The molecule has 0 saturated carbocycles. The van der Waals surface area contributed by atoms with Gasteiger partial charge in [0.05, 0.1) is 26.4 Å². The number of hydrogen-bond acceptors (Lipinski definition) is 4. The number of nitrogens with zero attached hydrogens (tertiary/aromatic N) is 1. The minimum Gasteiger partial charge on any atom is -0.497 e. The van der Waals surface area contributed by atoms with E-state index in [1.165, 1.54) is 22.1 Å². The molecule has 1 atom stereocenters. The van der Waals surface area contributed by atoms with Crippen LogP contribution in [0.15, 0.2) is 54.6 Å². The lowest BCUT2D eigenvalue weighted by molar-refractivity contribution is 0.0162. The Kier molecular flexibility index (Phi) is 5.62. The molecule has 0 aromatic heterocycles. The lowest BCUT2D eigenvalue weighted by Gasteiger charge is -2.35. The molecular weight excluding hydrogens is 388 g/mol. The van der Waals surface area contributed by atoms with E-state index < -0.39 is 0 Å². The number of morpholine rings is 1. The van der Waals surface area contributed by atoms with Crippen molar-refractivity contribution in [2.24, 2.45) is 0 Å². The van der Waals surface area contributed by atoms with E-state index in [2.05, 4.69) is 46.6 Å². The summed E-state index contributed by atoms with van der Waals surface area (Å²) in [6.45, 7) is 3.69. The molecule has 0 spiro atoms. The van der Waals surface area contributed by atoms with E-state index >= 15 is 0 Å². The van der Waals surface area contributed by atoms with Crippen LogP contribution in [-0.4, -0.2) is 50.8 Å². The smallest absolute Gasteiger partial charge is 0.251 e. The van der Waals surface area contributed by atoms with Crippen LogP contribution in [0, 0.1) is 0 Å². The van der Waals surface area contributed by atoms with Crippen LogP contribution in [0.25, 0.3) is 10.8 Å². The summed E-state index contributed by atoms with van der Waals surface area (Å²) in [5, 5.41) is 5.56. The lowest BCUT2D eigenvalue weighted by atomic mass is 9.99. The first-order valence-corrected chi connectivity index (χ1v) is 11.0.